The quantitative estimate of drug-likeness (QED) is 0.486. The van der Waals surface area contributed by atoms with Crippen LogP contribution >= 0.6 is 11.3 Å². The molecule has 156 valence electrons. The Morgan fingerprint density at radius 1 is 1.13 bits per heavy atom. The van der Waals surface area contributed by atoms with E-state index in [-0.39, 0.29) is 12.1 Å². The smallest absolute Gasteiger partial charge is 0.184 e. The molecule has 30 heavy (non-hydrogen) atoms. The lowest BCUT2D eigenvalue weighted by Gasteiger charge is -2.14. The Hall–Kier alpha value is -2.84. The molecule has 2 atom stereocenters. The summed E-state index contributed by atoms with van der Waals surface area (Å²) in [5.41, 5.74) is 4.01. The highest BCUT2D eigenvalue weighted by molar-refractivity contribution is 7.22. The summed E-state index contributed by atoms with van der Waals surface area (Å²) in [6.45, 7) is 0.698. The minimum atomic E-state index is -0.280. The van der Waals surface area contributed by atoms with Crippen LogP contribution in [-0.2, 0) is 6.54 Å². The van der Waals surface area contributed by atoms with Crippen LogP contribution in [0.4, 0.5) is 5.13 Å². The van der Waals surface area contributed by atoms with Crippen LogP contribution in [0.5, 0.6) is 11.5 Å². The number of nitrogens with zero attached hydrogens (tertiary/aromatic N) is 3. The second-order valence-electron chi connectivity index (χ2n) is 7.64. The monoisotopic (exact) mass is 424 g/mol. The number of ether oxygens (including phenoxy) is 2. The first-order chi connectivity index (χ1) is 14.6. The molecule has 0 amide bonds. The number of aromatic nitrogens is 3. The van der Waals surface area contributed by atoms with E-state index in [0.717, 1.165) is 45.6 Å². The van der Waals surface area contributed by atoms with Crippen molar-refractivity contribution in [2.75, 3.05) is 19.5 Å². The highest BCUT2D eigenvalue weighted by Crippen LogP contribution is 2.33. The summed E-state index contributed by atoms with van der Waals surface area (Å²) < 4.78 is 14.1. The molecule has 0 unspecified atom stereocenters. The fraction of sp³-hybridized carbons (Fsp3) is 0.364. The van der Waals surface area contributed by atoms with Gasteiger partial charge in [0.15, 0.2) is 16.6 Å². The molecule has 2 aromatic heterocycles. The van der Waals surface area contributed by atoms with E-state index in [9.17, 15) is 5.11 Å². The number of anilines is 1. The third-order valence-corrected chi connectivity index (χ3v) is 6.67. The number of hydrogen-bond donors (Lipinski definition) is 2. The van der Waals surface area contributed by atoms with Crippen molar-refractivity contribution in [3.8, 4) is 11.5 Å². The largest absolute Gasteiger partial charge is 0.493 e. The summed E-state index contributed by atoms with van der Waals surface area (Å²) in [6.07, 6.45) is 4.47. The topological polar surface area (TPSA) is 81.4 Å². The molecule has 4 aromatic rings. The molecule has 2 heterocycles. The number of thiazole rings is 1. The Labute approximate surface area is 178 Å². The molecule has 1 saturated carbocycles. The van der Waals surface area contributed by atoms with Crippen molar-refractivity contribution in [3.63, 3.8) is 0 Å². The van der Waals surface area contributed by atoms with Gasteiger partial charge in [-0.25, -0.2) is 9.97 Å². The molecule has 2 aromatic carbocycles. The number of methoxy groups -OCH3 is 2. The van der Waals surface area contributed by atoms with E-state index in [1.165, 1.54) is 5.56 Å². The van der Waals surface area contributed by atoms with Crippen molar-refractivity contribution in [2.24, 2.45) is 0 Å². The summed E-state index contributed by atoms with van der Waals surface area (Å²) in [5, 5.41) is 14.3. The predicted octanol–water partition coefficient (Wildman–Crippen LogP) is 4.04. The zero-order chi connectivity index (χ0) is 20.7. The van der Waals surface area contributed by atoms with Gasteiger partial charge in [0.2, 0.25) is 0 Å². The van der Waals surface area contributed by atoms with Gasteiger partial charge >= 0.3 is 0 Å². The molecule has 0 saturated heterocycles. The van der Waals surface area contributed by atoms with Crippen LogP contribution in [0.1, 0.15) is 24.8 Å². The Bertz CT molecular complexity index is 1200. The van der Waals surface area contributed by atoms with E-state index in [1.54, 1.807) is 25.6 Å². The Balaban J connectivity index is 1.41. The van der Waals surface area contributed by atoms with Gasteiger partial charge in [0.05, 0.1) is 53.9 Å². The van der Waals surface area contributed by atoms with Crippen molar-refractivity contribution in [2.45, 2.75) is 38.0 Å². The highest BCUT2D eigenvalue weighted by atomic mass is 32.1. The van der Waals surface area contributed by atoms with Crippen LogP contribution in [0.15, 0.2) is 36.7 Å². The number of imidazole rings is 1. The highest BCUT2D eigenvalue weighted by Gasteiger charge is 2.25. The van der Waals surface area contributed by atoms with E-state index >= 15 is 0 Å². The number of nitrogens with one attached hydrogen (secondary N) is 1. The Morgan fingerprint density at radius 3 is 2.73 bits per heavy atom. The predicted molar refractivity (Wildman–Crippen MR) is 119 cm³/mol. The van der Waals surface area contributed by atoms with E-state index in [1.807, 2.05) is 18.5 Å². The van der Waals surface area contributed by atoms with Gasteiger partial charge in [-0.3, -0.25) is 0 Å². The minimum absolute atomic E-state index is 0.106. The van der Waals surface area contributed by atoms with Crippen LogP contribution < -0.4 is 14.8 Å². The van der Waals surface area contributed by atoms with Crippen LogP contribution in [0.2, 0.25) is 0 Å². The second-order valence-corrected chi connectivity index (χ2v) is 8.67. The maximum atomic E-state index is 10.1. The zero-order valence-electron chi connectivity index (χ0n) is 17.0. The fourth-order valence-electron chi connectivity index (χ4n) is 4.10. The first-order valence-corrected chi connectivity index (χ1v) is 10.9. The summed E-state index contributed by atoms with van der Waals surface area (Å²) in [7, 11) is 3.26. The van der Waals surface area contributed by atoms with Gasteiger partial charge in [0.25, 0.3) is 0 Å². The van der Waals surface area contributed by atoms with E-state index in [4.69, 9.17) is 9.47 Å². The third kappa shape index (κ3) is 3.46. The summed E-state index contributed by atoms with van der Waals surface area (Å²) in [5.74, 6) is 1.36. The maximum Gasteiger partial charge on any atom is 0.184 e. The Kier molecular flexibility index (Phi) is 4.96. The number of fused-ring (bicyclic) bond motifs is 2. The van der Waals surface area contributed by atoms with Crippen molar-refractivity contribution in [1.82, 2.24) is 14.5 Å². The van der Waals surface area contributed by atoms with Crippen molar-refractivity contribution in [3.05, 3.63) is 42.2 Å². The molecule has 5 rings (SSSR count). The zero-order valence-corrected chi connectivity index (χ0v) is 17.8. The molecule has 0 aliphatic heterocycles. The number of rotatable bonds is 6. The van der Waals surface area contributed by atoms with E-state index in [2.05, 4.69) is 38.1 Å². The lowest BCUT2D eigenvalue weighted by molar-refractivity contribution is 0.172. The van der Waals surface area contributed by atoms with Crippen molar-refractivity contribution in [1.29, 1.82) is 0 Å². The van der Waals surface area contributed by atoms with Gasteiger partial charge in [0, 0.05) is 18.7 Å². The lowest BCUT2D eigenvalue weighted by Crippen LogP contribution is -2.27. The molecule has 1 aliphatic rings. The molecule has 0 radical (unpaired) electrons. The van der Waals surface area contributed by atoms with Gasteiger partial charge in [0.1, 0.15) is 0 Å². The molecule has 0 bridgehead atoms. The molecule has 8 heteroatoms. The number of hydrogen-bond acceptors (Lipinski definition) is 7. The molecular formula is C22H24N4O3S. The maximum absolute atomic E-state index is 10.1. The SMILES string of the molecule is COc1cc2ncn(Cc3ccc4nc(N[C@@H]5CCC[C@H]5O)sc4c3)c2cc1OC. The standard InChI is InChI=1S/C22H24N4O3S/c1-28-19-9-16-17(10-20(19)29-2)26(12-23-16)11-13-6-7-15-21(8-13)30-22(25-15)24-14-4-3-5-18(14)27/h6-10,12,14,18,27H,3-5,11H2,1-2H3,(H,24,25)/t14-,18-/m1/s1. The average molecular weight is 425 g/mol. The van der Waals surface area contributed by atoms with Crippen molar-refractivity contribution >= 4 is 37.7 Å². The number of benzene rings is 2. The molecule has 2 N–H and O–H groups in total. The molecule has 1 aliphatic carbocycles. The lowest BCUT2D eigenvalue weighted by atomic mass is 10.2. The van der Waals surface area contributed by atoms with Crippen LogP contribution in [0, 0.1) is 0 Å². The summed E-state index contributed by atoms with van der Waals surface area (Å²) in [4.78, 5) is 9.20. The molecule has 7 nitrogen and oxygen atoms in total. The number of aliphatic hydroxyl groups is 1. The average Bonchev–Trinajstić information content (AvgIpc) is 3.46. The fourth-order valence-corrected chi connectivity index (χ4v) is 5.10. The summed E-state index contributed by atoms with van der Waals surface area (Å²) >= 11 is 1.63. The normalized spacial score (nSPS) is 18.9. The van der Waals surface area contributed by atoms with Crippen LogP contribution in [0.25, 0.3) is 21.3 Å². The van der Waals surface area contributed by atoms with Crippen LogP contribution in [-0.4, -0.2) is 46.0 Å². The third-order valence-electron chi connectivity index (χ3n) is 5.72. The van der Waals surface area contributed by atoms with Crippen LogP contribution in [0.3, 0.4) is 0 Å². The van der Waals surface area contributed by atoms with Gasteiger partial charge < -0.3 is 24.5 Å². The number of aliphatic hydroxyl groups excluding tert-OH is 1. The molecule has 0 spiro atoms. The van der Waals surface area contributed by atoms with Gasteiger partial charge in [-0.2, -0.15) is 0 Å². The van der Waals surface area contributed by atoms with Gasteiger partial charge in [-0.15, -0.1) is 0 Å². The first-order valence-electron chi connectivity index (χ1n) is 10.1. The first kappa shape index (κ1) is 19.1. The molecular weight excluding hydrogens is 400 g/mol. The second kappa shape index (κ2) is 7.77. The molecule has 1 fully saturated rings. The van der Waals surface area contributed by atoms with Gasteiger partial charge in [-0.1, -0.05) is 17.4 Å². The van der Waals surface area contributed by atoms with Crippen molar-refractivity contribution < 1.29 is 14.6 Å². The Morgan fingerprint density at radius 2 is 1.97 bits per heavy atom. The van der Waals surface area contributed by atoms with E-state index < -0.39 is 0 Å². The van der Waals surface area contributed by atoms with E-state index in [0.29, 0.717) is 18.0 Å². The van der Waals surface area contributed by atoms with Gasteiger partial charge in [-0.05, 0) is 37.0 Å². The summed E-state index contributed by atoms with van der Waals surface area (Å²) in [6, 6.07) is 10.3. The minimum Gasteiger partial charge on any atom is -0.493 e.